The normalized spacial score (nSPS) is 14.6. The van der Waals surface area contributed by atoms with E-state index in [1.807, 2.05) is 0 Å². The lowest BCUT2D eigenvalue weighted by molar-refractivity contribution is 0.0945. The summed E-state index contributed by atoms with van der Waals surface area (Å²) >= 11 is 0. The molecule has 1 aliphatic rings. The molecule has 0 aromatic carbocycles. The van der Waals surface area contributed by atoms with Crippen LogP contribution in [-0.4, -0.2) is 26.2 Å². The van der Waals surface area contributed by atoms with Crippen LogP contribution in [0.1, 0.15) is 46.7 Å². The van der Waals surface area contributed by atoms with Crippen LogP contribution in [0.3, 0.4) is 0 Å². The number of nitrogens with two attached hydrogens (primary N) is 1. The molecular formula is C11H14N6O2. The van der Waals surface area contributed by atoms with E-state index >= 15 is 0 Å². The Labute approximate surface area is 108 Å². The smallest absolute Gasteiger partial charge is 0.274 e. The van der Waals surface area contributed by atoms with Gasteiger partial charge in [-0.2, -0.15) is 10.1 Å². The molecule has 2 aromatic rings. The number of nitrogens with one attached hydrogen (secondary N) is 2. The van der Waals surface area contributed by atoms with E-state index in [9.17, 15) is 4.79 Å². The number of aromatic amines is 1. The molecular weight excluding hydrogens is 248 g/mol. The van der Waals surface area contributed by atoms with Crippen molar-refractivity contribution in [2.75, 3.05) is 5.73 Å². The lowest BCUT2D eigenvalue weighted by Crippen LogP contribution is -2.24. The average molecular weight is 262 g/mol. The second-order valence-electron chi connectivity index (χ2n) is 4.59. The van der Waals surface area contributed by atoms with Crippen molar-refractivity contribution in [1.82, 2.24) is 25.7 Å². The first kappa shape index (κ1) is 11.7. The number of hydrogen-bond donors (Lipinski definition) is 3. The van der Waals surface area contributed by atoms with Crippen molar-refractivity contribution in [2.45, 2.75) is 32.2 Å². The molecule has 0 saturated heterocycles. The fraction of sp³-hybridized carbons (Fsp3) is 0.455. The van der Waals surface area contributed by atoms with Crippen molar-refractivity contribution in [2.24, 2.45) is 0 Å². The van der Waals surface area contributed by atoms with E-state index in [1.54, 1.807) is 6.92 Å². The number of aryl methyl sites for hydroxylation is 1. The summed E-state index contributed by atoms with van der Waals surface area (Å²) in [5, 5.41) is 13.1. The predicted octanol–water partition coefficient (Wildman–Crippen LogP) is 0.491. The Bertz CT molecular complexity index is 612. The molecule has 0 atom stereocenters. The highest BCUT2D eigenvalue weighted by Gasteiger charge is 2.30. The van der Waals surface area contributed by atoms with Gasteiger partial charge >= 0.3 is 0 Å². The Hall–Kier alpha value is -2.38. The summed E-state index contributed by atoms with van der Waals surface area (Å²) in [6, 6.07) is 0. The highest BCUT2D eigenvalue weighted by atomic mass is 16.5. The third-order valence-corrected chi connectivity index (χ3v) is 3.01. The molecule has 100 valence electrons. The number of hydrogen-bond acceptors (Lipinski definition) is 6. The van der Waals surface area contributed by atoms with Crippen LogP contribution in [0.25, 0.3) is 0 Å². The zero-order valence-electron chi connectivity index (χ0n) is 10.4. The number of nitrogens with zero attached hydrogens (tertiary/aromatic N) is 3. The standard InChI is InChI=1S/C11H14N6O2/c1-5-14-7(17-19-5)4-13-11(18)10-8(12)9(15-16-10)6-2-3-6/h6H,2-4,12H2,1H3,(H,13,18)(H,15,16). The number of carbonyl (C=O) groups is 1. The van der Waals surface area contributed by atoms with Gasteiger partial charge in [0, 0.05) is 12.8 Å². The zero-order chi connectivity index (χ0) is 13.4. The molecule has 0 bridgehead atoms. The molecule has 1 aliphatic carbocycles. The molecule has 1 saturated carbocycles. The first-order chi connectivity index (χ1) is 9.15. The predicted molar refractivity (Wildman–Crippen MR) is 65.2 cm³/mol. The molecule has 0 radical (unpaired) electrons. The minimum Gasteiger partial charge on any atom is -0.395 e. The fourth-order valence-corrected chi connectivity index (χ4v) is 1.88. The SMILES string of the molecule is Cc1nc(CNC(=O)c2n[nH]c(C3CC3)c2N)no1. The number of rotatable bonds is 4. The largest absolute Gasteiger partial charge is 0.395 e. The minimum absolute atomic E-state index is 0.182. The Kier molecular flexibility index (Phi) is 2.69. The number of nitrogen functional groups attached to an aromatic ring is 1. The minimum atomic E-state index is -0.344. The lowest BCUT2D eigenvalue weighted by Gasteiger charge is -2.00. The van der Waals surface area contributed by atoms with Gasteiger partial charge in [-0.15, -0.1) is 0 Å². The van der Waals surface area contributed by atoms with Crippen LogP contribution in [0, 0.1) is 6.92 Å². The first-order valence-corrected chi connectivity index (χ1v) is 6.06. The van der Waals surface area contributed by atoms with Gasteiger partial charge in [0.2, 0.25) is 5.89 Å². The van der Waals surface area contributed by atoms with E-state index in [0.717, 1.165) is 18.5 Å². The zero-order valence-corrected chi connectivity index (χ0v) is 10.4. The maximum absolute atomic E-state index is 11.9. The van der Waals surface area contributed by atoms with Gasteiger partial charge in [0.05, 0.1) is 17.9 Å². The maximum Gasteiger partial charge on any atom is 0.274 e. The average Bonchev–Trinajstić information content (AvgIpc) is 3.03. The quantitative estimate of drug-likeness (QED) is 0.736. The molecule has 1 amide bonds. The van der Waals surface area contributed by atoms with Crippen molar-refractivity contribution in [3.05, 3.63) is 23.1 Å². The Morgan fingerprint density at radius 2 is 2.37 bits per heavy atom. The molecule has 0 spiro atoms. The number of aromatic nitrogens is 4. The third kappa shape index (κ3) is 2.28. The number of H-pyrrole nitrogens is 1. The summed E-state index contributed by atoms with van der Waals surface area (Å²) in [6.07, 6.45) is 2.19. The van der Waals surface area contributed by atoms with Crippen molar-refractivity contribution in [3.8, 4) is 0 Å². The maximum atomic E-state index is 11.9. The van der Waals surface area contributed by atoms with Crippen LogP contribution in [0.5, 0.6) is 0 Å². The van der Waals surface area contributed by atoms with Crippen molar-refractivity contribution in [3.63, 3.8) is 0 Å². The van der Waals surface area contributed by atoms with Crippen LogP contribution >= 0.6 is 0 Å². The Morgan fingerprint density at radius 1 is 1.58 bits per heavy atom. The molecule has 0 aliphatic heterocycles. The van der Waals surface area contributed by atoms with Gasteiger partial charge in [-0.05, 0) is 12.8 Å². The Balaban J connectivity index is 1.66. The number of amides is 1. The van der Waals surface area contributed by atoms with Crippen LogP contribution < -0.4 is 11.1 Å². The second kappa shape index (κ2) is 4.38. The summed E-state index contributed by atoms with van der Waals surface area (Å²) < 4.78 is 4.81. The Morgan fingerprint density at radius 3 is 3.00 bits per heavy atom. The highest BCUT2D eigenvalue weighted by molar-refractivity contribution is 5.97. The van der Waals surface area contributed by atoms with E-state index in [4.69, 9.17) is 10.3 Å². The van der Waals surface area contributed by atoms with Crippen LogP contribution in [0.2, 0.25) is 0 Å². The topological polar surface area (TPSA) is 123 Å². The lowest BCUT2D eigenvalue weighted by atomic mass is 10.2. The molecule has 2 aromatic heterocycles. The molecule has 8 heteroatoms. The van der Waals surface area contributed by atoms with Gasteiger partial charge in [0.15, 0.2) is 11.5 Å². The summed E-state index contributed by atoms with van der Waals surface area (Å²) in [4.78, 5) is 15.9. The molecule has 4 N–H and O–H groups in total. The second-order valence-corrected chi connectivity index (χ2v) is 4.59. The van der Waals surface area contributed by atoms with Crippen molar-refractivity contribution < 1.29 is 9.32 Å². The van der Waals surface area contributed by atoms with E-state index < -0.39 is 0 Å². The van der Waals surface area contributed by atoms with Crippen LogP contribution in [-0.2, 0) is 6.54 Å². The first-order valence-electron chi connectivity index (χ1n) is 6.06. The monoisotopic (exact) mass is 262 g/mol. The summed E-state index contributed by atoms with van der Waals surface area (Å²) in [5.41, 5.74) is 7.43. The van der Waals surface area contributed by atoms with Crippen molar-refractivity contribution >= 4 is 11.6 Å². The van der Waals surface area contributed by atoms with Gasteiger partial charge in [0.1, 0.15) is 0 Å². The van der Waals surface area contributed by atoms with Gasteiger partial charge in [-0.3, -0.25) is 9.89 Å². The van der Waals surface area contributed by atoms with Gasteiger partial charge in [0.25, 0.3) is 5.91 Å². The van der Waals surface area contributed by atoms with Gasteiger partial charge in [-0.1, -0.05) is 5.16 Å². The fourth-order valence-electron chi connectivity index (χ4n) is 1.88. The van der Waals surface area contributed by atoms with Crippen LogP contribution in [0.4, 0.5) is 5.69 Å². The third-order valence-electron chi connectivity index (χ3n) is 3.01. The molecule has 1 fully saturated rings. The molecule has 19 heavy (non-hydrogen) atoms. The summed E-state index contributed by atoms with van der Waals surface area (Å²) in [7, 11) is 0. The molecule has 0 unspecified atom stereocenters. The molecule has 3 rings (SSSR count). The van der Waals surface area contributed by atoms with E-state index in [2.05, 4.69) is 25.7 Å². The molecule has 2 heterocycles. The molecule has 8 nitrogen and oxygen atoms in total. The number of anilines is 1. The van der Waals surface area contributed by atoms with E-state index in [1.165, 1.54) is 0 Å². The highest BCUT2D eigenvalue weighted by Crippen LogP contribution is 2.42. The van der Waals surface area contributed by atoms with E-state index in [-0.39, 0.29) is 18.1 Å². The van der Waals surface area contributed by atoms with E-state index in [0.29, 0.717) is 23.3 Å². The van der Waals surface area contributed by atoms with Gasteiger partial charge < -0.3 is 15.6 Å². The summed E-state index contributed by atoms with van der Waals surface area (Å²) in [6.45, 7) is 1.87. The van der Waals surface area contributed by atoms with Gasteiger partial charge in [-0.25, -0.2) is 0 Å². The summed E-state index contributed by atoms with van der Waals surface area (Å²) in [5.74, 6) is 0.957. The number of carbonyl (C=O) groups excluding carboxylic acids is 1. The van der Waals surface area contributed by atoms with Crippen LogP contribution in [0.15, 0.2) is 4.52 Å². The van der Waals surface area contributed by atoms with Crippen molar-refractivity contribution in [1.29, 1.82) is 0 Å².